The van der Waals surface area contributed by atoms with Gasteiger partial charge in [0.15, 0.2) is 0 Å². The van der Waals surface area contributed by atoms with E-state index in [9.17, 15) is 0 Å². The van der Waals surface area contributed by atoms with Crippen LogP contribution in [0, 0.1) is 0 Å². The molecule has 0 atom stereocenters. The first-order chi connectivity index (χ1) is 9.43. The van der Waals surface area contributed by atoms with Gasteiger partial charge in [0.25, 0.3) is 0 Å². The lowest BCUT2D eigenvalue weighted by Crippen LogP contribution is -2.23. The molecule has 2 nitrogen and oxygen atoms in total. The summed E-state index contributed by atoms with van der Waals surface area (Å²) in [6.07, 6.45) is 17.1. The van der Waals surface area contributed by atoms with Crippen LogP contribution in [-0.2, 0) is 4.74 Å². The molecule has 0 heterocycles. The average molecular weight is 269 g/mol. The summed E-state index contributed by atoms with van der Waals surface area (Å²) in [5, 5.41) is 3.50. The zero-order valence-corrected chi connectivity index (χ0v) is 13.1. The van der Waals surface area contributed by atoms with Crippen LogP contribution in [0.2, 0.25) is 0 Å². The van der Waals surface area contributed by atoms with Gasteiger partial charge in [0.1, 0.15) is 0 Å². The topological polar surface area (TPSA) is 21.3 Å². The van der Waals surface area contributed by atoms with Gasteiger partial charge in [-0.3, -0.25) is 0 Å². The molecule has 1 aliphatic carbocycles. The van der Waals surface area contributed by atoms with E-state index in [-0.39, 0.29) is 0 Å². The Morgan fingerprint density at radius 1 is 0.842 bits per heavy atom. The van der Waals surface area contributed by atoms with Gasteiger partial charge in [-0.15, -0.1) is 0 Å². The van der Waals surface area contributed by atoms with Gasteiger partial charge < -0.3 is 10.1 Å². The minimum absolute atomic E-state index is 0.574. The van der Waals surface area contributed by atoms with Gasteiger partial charge in [-0.05, 0) is 25.8 Å². The van der Waals surface area contributed by atoms with Crippen molar-refractivity contribution in [2.45, 2.75) is 90.1 Å². The molecule has 19 heavy (non-hydrogen) atoms. The Hall–Kier alpha value is -0.0800. The number of hydrogen-bond acceptors (Lipinski definition) is 2. The van der Waals surface area contributed by atoms with Crippen molar-refractivity contribution in [1.82, 2.24) is 5.32 Å². The fraction of sp³-hybridized carbons (Fsp3) is 1.00. The Bertz CT molecular complexity index is 178. The molecule has 0 aliphatic heterocycles. The van der Waals surface area contributed by atoms with Crippen molar-refractivity contribution in [1.29, 1.82) is 0 Å². The lowest BCUT2D eigenvalue weighted by molar-refractivity contribution is 0.0604. The van der Waals surface area contributed by atoms with Gasteiger partial charge >= 0.3 is 0 Å². The Labute approximate surface area is 120 Å². The number of rotatable bonds is 13. The van der Waals surface area contributed by atoms with Gasteiger partial charge in [0.2, 0.25) is 0 Å². The number of unbranched alkanes of at least 4 members (excludes halogenated alkanes) is 7. The average Bonchev–Trinajstić information content (AvgIpc) is 2.93. The lowest BCUT2D eigenvalue weighted by Gasteiger charge is -2.11. The maximum atomic E-state index is 5.82. The van der Waals surface area contributed by atoms with Gasteiger partial charge in [0.05, 0.1) is 12.7 Å². The van der Waals surface area contributed by atoms with Crippen LogP contribution >= 0.6 is 0 Å². The van der Waals surface area contributed by atoms with Crippen LogP contribution in [0.5, 0.6) is 0 Å². The summed E-state index contributed by atoms with van der Waals surface area (Å²) < 4.78 is 5.82. The Morgan fingerprint density at radius 2 is 1.47 bits per heavy atom. The van der Waals surface area contributed by atoms with Crippen molar-refractivity contribution >= 4 is 0 Å². The van der Waals surface area contributed by atoms with Crippen LogP contribution in [0.25, 0.3) is 0 Å². The van der Waals surface area contributed by atoms with Crippen LogP contribution in [0.4, 0.5) is 0 Å². The fourth-order valence-electron chi connectivity index (χ4n) is 2.86. The van der Waals surface area contributed by atoms with E-state index >= 15 is 0 Å². The van der Waals surface area contributed by atoms with E-state index in [4.69, 9.17) is 4.74 Å². The number of ether oxygens (including phenoxy) is 1. The van der Waals surface area contributed by atoms with E-state index in [0.29, 0.717) is 6.10 Å². The highest BCUT2D eigenvalue weighted by Crippen LogP contribution is 2.20. The van der Waals surface area contributed by atoms with E-state index in [1.54, 1.807) is 0 Å². The Kier molecular flexibility index (Phi) is 11.5. The molecule has 0 spiro atoms. The van der Waals surface area contributed by atoms with Gasteiger partial charge in [0, 0.05) is 6.54 Å². The molecule has 0 saturated heterocycles. The third-order valence-corrected chi connectivity index (χ3v) is 4.14. The smallest absolute Gasteiger partial charge is 0.0594 e. The molecule has 0 aromatic rings. The summed E-state index contributed by atoms with van der Waals surface area (Å²) in [4.78, 5) is 0. The molecular formula is C17H35NO. The van der Waals surface area contributed by atoms with Crippen LogP contribution in [0.3, 0.4) is 0 Å². The molecule has 0 aromatic carbocycles. The van der Waals surface area contributed by atoms with Crippen molar-refractivity contribution < 1.29 is 4.74 Å². The van der Waals surface area contributed by atoms with Gasteiger partial charge in [-0.1, -0.05) is 64.7 Å². The first-order valence-corrected chi connectivity index (χ1v) is 8.76. The van der Waals surface area contributed by atoms with E-state index < -0.39 is 0 Å². The maximum Gasteiger partial charge on any atom is 0.0594 e. The van der Waals surface area contributed by atoms with E-state index in [1.807, 2.05) is 0 Å². The van der Waals surface area contributed by atoms with Crippen LogP contribution in [0.15, 0.2) is 0 Å². The molecule has 0 radical (unpaired) electrons. The molecule has 1 saturated carbocycles. The van der Waals surface area contributed by atoms with Crippen LogP contribution in [-0.4, -0.2) is 25.8 Å². The van der Waals surface area contributed by atoms with Gasteiger partial charge in [-0.25, -0.2) is 0 Å². The van der Waals surface area contributed by atoms with Crippen LogP contribution in [0.1, 0.15) is 84.0 Å². The minimum Gasteiger partial charge on any atom is -0.377 e. The van der Waals surface area contributed by atoms with Crippen molar-refractivity contribution in [2.75, 3.05) is 19.7 Å². The third kappa shape index (κ3) is 10.4. The largest absolute Gasteiger partial charge is 0.377 e. The molecule has 0 unspecified atom stereocenters. The highest BCUT2D eigenvalue weighted by molar-refractivity contribution is 4.66. The Balaban J connectivity index is 1.67. The third-order valence-electron chi connectivity index (χ3n) is 4.14. The lowest BCUT2D eigenvalue weighted by atomic mass is 10.1. The van der Waals surface area contributed by atoms with Crippen molar-refractivity contribution in [3.63, 3.8) is 0 Å². The standard InChI is InChI=1S/C17H35NO/c1-2-3-4-5-6-7-8-11-14-18-15-16-19-17-12-9-10-13-17/h17-18H,2-16H2,1H3. The SMILES string of the molecule is CCCCCCCCCCNCCOC1CCCC1. The summed E-state index contributed by atoms with van der Waals surface area (Å²) in [5.41, 5.74) is 0. The quantitative estimate of drug-likeness (QED) is 0.490. The summed E-state index contributed by atoms with van der Waals surface area (Å²) in [6.45, 7) is 5.39. The second-order valence-corrected chi connectivity index (χ2v) is 6.00. The zero-order valence-electron chi connectivity index (χ0n) is 13.1. The predicted octanol–water partition coefficient (Wildman–Crippen LogP) is 4.68. The normalized spacial score (nSPS) is 16.3. The zero-order chi connectivity index (χ0) is 13.6. The Morgan fingerprint density at radius 3 is 2.16 bits per heavy atom. The molecule has 0 aromatic heterocycles. The number of hydrogen-bond donors (Lipinski definition) is 1. The highest BCUT2D eigenvalue weighted by atomic mass is 16.5. The molecule has 1 aliphatic rings. The van der Waals surface area contributed by atoms with E-state index in [0.717, 1.165) is 13.2 Å². The van der Waals surface area contributed by atoms with E-state index in [2.05, 4.69) is 12.2 Å². The van der Waals surface area contributed by atoms with Gasteiger partial charge in [-0.2, -0.15) is 0 Å². The second-order valence-electron chi connectivity index (χ2n) is 6.00. The molecule has 0 bridgehead atoms. The number of nitrogens with one attached hydrogen (secondary N) is 1. The molecule has 2 heteroatoms. The van der Waals surface area contributed by atoms with E-state index in [1.165, 1.54) is 83.6 Å². The summed E-state index contributed by atoms with van der Waals surface area (Å²) >= 11 is 0. The highest BCUT2D eigenvalue weighted by Gasteiger charge is 2.14. The second kappa shape index (κ2) is 12.9. The van der Waals surface area contributed by atoms with Crippen molar-refractivity contribution in [3.05, 3.63) is 0 Å². The van der Waals surface area contributed by atoms with Crippen molar-refractivity contribution in [2.24, 2.45) is 0 Å². The summed E-state index contributed by atoms with van der Waals surface area (Å²) in [5.74, 6) is 0. The molecule has 1 fully saturated rings. The first-order valence-electron chi connectivity index (χ1n) is 8.76. The summed E-state index contributed by atoms with van der Waals surface area (Å²) in [6, 6.07) is 0. The predicted molar refractivity (Wildman–Crippen MR) is 83.7 cm³/mol. The van der Waals surface area contributed by atoms with Crippen LogP contribution < -0.4 is 5.32 Å². The summed E-state index contributed by atoms with van der Waals surface area (Å²) in [7, 11) is 0. The monoisotopic (exact) mass is 269 g/mol. The first kappa shape index (κ1) is 17.0. The molecule has 1 N–H and O–H groups in total. The minimum atomic E-state index is 0.574. The maximum absolute atomic E-state index is 5.82. The fourth-order valence-corrected chi connectivity index (χ4v) is 2.86. The van der Waals surface area contributed by atoms with Crippen molar-refractivity contribution in [3.8, 4) is 0 Å². The molecule has 0 amide bonds. The molecular weight excluding hydrogens is 234 g/mol. The molecule has 1 rings (SSSR count). The molecule has 114 valence electrons.